The lowest BCUT2D eigenvalue weighted by Crippen LogP contribution is -2.41. The zero-order valence-corrected chi connectivity index (χ0v) is 8.40. The Kier molecular flexibility index (Phi) is 3.39. The molecule has 1 saturated carbocycles. The van der Waals surface area contributed by atoms with Crippen molar-refractivity contribution in [2.75, 3.05) is 0 Å². The minimum Gasteiger partial charge on any atom is -0.353 e. The van der Waals surface area contributed by atoms with E-state index >= 15 is 0 Å². The van der Waals surface area contributed by atoms with Crippen LogP contribution in [-0.2, 0) is 4.79 Å². The zero-order valence-electron chi connectivity index (χ0n) is 7.64. The fourth-order valence-corrected chi connectivity index (χ4v) is 1.63. The topological polar surface area (TPSA) is 29.1 Å². The van der Waals surface area contributed by atoms with Crippen LogP contribution in [0.2, 0.25) is 0 Å². The molecular formula is C9H16ClNO. The first-order valence-electron chi connectivity index (χ1n) is 4.55. The number of hydrogen-bond acceptors (Lipinski definition) is 1. The van der Waals surface area contributed by atoms with Crippen molar-refractivity contribution in [2.45, 2.75) is 44.5 Å². The molecule has 0 bridgehead atoms. The van der Waals surface area contributed by atoms with Gasteiger partial charge in [0.15, 0.2) is 0 Å². The van der Waals surface area contributed by atoms with Gasteiger partial charge in [0.05, 0.1) is 0 Å². The second kappa shape index (κ2) is 4.13. The van der Waals surface area contributed by atoms with E-state index in [0.29, 0.717) is 5.92 Å². The smallest absolute Gasteiger partial charge is 0.238 e. The number of alkyl halides is 1. The van der Waals surface area contributed by atoms with Gasteiger partial charge in [0.1, 0.15) is 5.38 Å². The van der Waals surface area contributed by atoms with Crippen molar-refractivity contribution in [3.63, 3.8) is 0 Å². The van der Waals surface area contributed by atoms with Crippen molar-refractivity contribution in [3.8, 4) is 0 Å². The largest absolute Gasteiger partial charge is 0.353 e. The summed E-state index contributed by atoms with van der Waals surface area (Å²) < 4.78 is 0. The zero-order chi connectivity index (χ0) is 9.14. The summed E-state index contributed by atoms with van der Waals surface area (Å²) in [5.41, 5.74) is 0. The SMILES string of the molecule is CC(C)NC(=O)C(Cl)C1CCC1. The van der Waals surface area contributed by atoms with Gasteiger partial charge in [-0.15, -0.1) is 11.6 Å². The normalized spacial score (nSPS) is 20.3. The summed E-state index contributed by atoms with van der Waals surface area (Å²) >= 11 is 5.97. The van der Waals surface area contributed by atoms with Crippen LogP contribution in [0, 0.1) is 5.92 Å². The van der Waals surface area contributed by atoms with Crippen LogP contribution < -0.4 is 5.32 Å². The molecule has 1 amide bonds. The molecule has 2 nitrogen and oxygen atoms in total. The molecule has 0 aromatic heterocycles. The third-order valence-electron chi connectivity index (χ3n) is 2.25. The fraction of sp³-hybridized carbons (Fsp3) is 0.889. The number of nitrogens with one attached hydrogen (secondary N) is 1. The van der Waals surface area contributed by atoms with Crippen LogP contribution >= 0.6 is 11.6 Å². The van der Waals surface area contributed by atoms with E-state index in [1.807, 2.05) is 13.8 Å². The van der Waals surface area contributed by atoms with Crippen LogP contribution in [0.15, 0.2) is 0 Å². The van der Waals surface area contributed by atoms with Crippen molar-refractivity contribution in [3.05, 3.63) is 0 Å². The minimum absolute atomic E-state index is 0.00336. The molecule has 1 N–H and O–H groups in total. The fourth-order valence-electron chi connectivity index (χ4n) is 1.31. The molecule has 1 unspecified atom stereocenters. The number of carbonyl (C=O) groups is 1. The van der Waals surface area contributed by atoms with Gasteiger partial charge in [-0.3, -0.25) is 4.79 Å². The van der Waals surface area contributed by atoms with Crippen LogP contribution in [0.25, 0.3) is 0 Å². The van der Waals surface area contributed by atoms with E-state index < -0.39 is 0 Å². The molecule has 1 atom stereocenters. The van der Waals surface area contributed by atoms with Gasteiger partial charge in [-0.2, -0.15) is 0 Å². The van der Waals surface area contributed by atoms with Crippen molar-refractivity contribution >= 4 is 17.5 Å². The third kappa shape index (κ3) is 2.37. The second-order valence-corrected chi connectivity index (χ2v) is 4.23. The Bertz CT molecular complexity index is 166. The maximum atomic E-state index is 11.3. The van der Waals surface area contributed by atoms with E-state index in [1.54, 1.807) is 0 Å². The van der Waals surface area contributed by atoms with Gasteiger partial charge in [0.2, 0.25) is 5.91 Å². The van der Waals surface area contributed by atoms with Crippen molar-refractivity contribution in [1.82, 2.24) is 5.32 Å². The lowest BCUT2D eigenvalue weighted by atomic mass is 9.82. The van der Waals surface area contributed by atoms with Gasteiger partial charge in [0.25, 0.3) is 0 Å². The van der Waals surface area contributed by atoms with Crippen LogP contribution in [0.5, 0.6) is 0 Å². The van der Waals surface area contributed by atoms with Gasteiger partial charge in [-0.25, -0.2) is 0 Å². The summed E-state index contributed by atoms with van der Waals surface area (Å²) in [7, 11) is 0. The number of hydrogen-bond donors (Lipinski definition) is 1. The molecule has 0 heterocycles. The maximum absolute atomic E-state index is 11.3. The summed E-state index contributed by atoms with van der Waals surface area (Å²) in [5, 5.41) is 2.52. The van der Waals surface area contributed by atoms with E-state index in [-0.39, 0.29) is 17.3 Å². The molecular weight excluding hydrogens is 174 g/mol. The van der Waals surface area contributed by atoms with Crippen molar-refractivity contribution in [2.24, 2.45) is 5.92 Å². The highest BCUT2D eigenvalue weighted by Gasteiger charge is 2.30. The third-order valence-corrected chi connectivity index (χ3v) is 2.80. The van der Waals surface area contributed by atoms with Gasteiger partial charge in [0, 0.05) is 6.04 Å². The van der Waals surface area contributed by atoms with E-state index in [2.05, 4.69) is 5.32 Å². The Balaban J connectivity index is 2.30. The average molecular weight is 190 g/mol. The highest BCUT2D eigenvalue weighted by Crippen LogP contribution is 2.32. The average Bonchev–Trinajstić information content (AvgIpc) is 1.81. The van der Waals surface area contributed by atoms with E-state index in [9.17, 15) is 4.79 Å². The van der Waals surface area contributed by atoms with Crippen LogP contribution in [0.1, 0.15) is 33.1 Å². The first-order valence-corrected chi connectivity index (χ1v) is 4.99. The molecule has 1 rings (SSSR count). The summed E-state index contributed by atoms with van der Waals surface area (Å²) in [5.74, 6) is 0.418. The predicted molar refractivity (Wildman–Crippen MR) is 50.3 cm³/mol. The summed E-state index contributed by atoms with van der Waals surface area (Å²) in [6.45, 7) is 3.89. The lowest BCUT2D eigenvalue weighted by Gasteiger charge is -2.29. The van der Waals surface area contributed by atoms with Crippen LogP contribution in [0.4, 0.5) is 0 Å². The molecule has 70 valence electrons. The Hall–Kier alpha value is -0.240. The van der Waals surface area contributed by atoms with Gasteiger partial charge in [-0.05, 0) is 32.6 Å². The van der Waals surface area contributed by atoms with E-state index in [4.69, 9.17) is 11.6 Å². The van der Waals surface area contributed by atoms with Gasteiger partial charge >= 0.3 is 0 Å². The number of carbonyl (C=O) groups excluding carboxylic acids is 1. The summed E-state index contributed by atoms with van der Waals surface area (Å²) in [6, 6.07) is 0.193. The van der Waals surface area contributed by atoms with Crippen LogP contribution in [-0.4, -0.2) is 17.3 Å². The molecule has 0 aromatic carbocycles. The first kappa shape index (κ1) is 9.85. The molecule has 1 aliphatic carbocycles. The number of rotatable bonds is 3. The van der Waals surface area contributed by atoms with Crippen molar-refractivity contribution < 1.29 is 4.79 Å². The molecule has 0 saturated heterocycles. The Morgan fingerprint density at radius 3 is 2.42 bits per heavy atom. The van der Waals surface area contributed by atoms with E-state index in [0.717, 1.165) is 12.8 Å². The number of halogens is 1. The predicted octanol–water partition coefficient (Wildman–Crippen LogP) is 1.92. The lowest BCUT2D eigenvalue weighted by molar-refractivity contribution is -0.122. The molecule has 1 fully saturated rings. The monoisotopic (exact) mass is 189 g/mol. The number of amides is 1. The molecule has 3 heteroatoms. The van der Waals surface area contributed by atoms with Gasteiger partial charge < -0.3 is 5.32 Å². The van der Waals surface area contributed by atoms with Crippen LogP contribution in [0.3, 0.4) is 0 Å². The van der Waals surface area contributed by atoms with Crippen molar-refractivity contribution in [1.29, 1.82) is 0 Å². The molecule has 0 aromatic rings. The van der Waals surface area contributed by atoms with E-state index in [1.165, 1.54) is 6.42 Å². The maximum Gasteiger partial charge on any atom is 0.238 e. The highest BCUT2D eigenvalue weighted by molar-refractivity contribution is 6.31. The highest BCUT2D eigenvalue weighted by atomic mass is 35.5. The Morgan fingerprint density at radius 2 is 2.08 bits per heavy atom. The standard InChI is InChI=1S/C9H16ClNO/c1-6(2)11-9(12)8(10)7-4-3-5-7/h6-8H,3-5H2,1-2H3,(H,11,12). The molecule has 0 aliphatic heterocycles. The molecule has 1 aliphatic rings. The molecule has 0 radical (unpaired) electrons. The first-order chi connectivity index (χ1) is 5.61. The molecule has 0 spiro atoms. The Labute approximate surface area is 78.7 Å². The minimum atomic E-state index is -0.304. The summed E-state index contributed by atoms with van der Waals surface area (Å²) in [4.78, 5) is 11.3. The quantitative estimate of drug-likeness (QED) is 0.676. The summed E-state index contributed by atoms with van der Waals surface area (Å²) in [6.07, 6.45) is 3.45. The van der Waals surface area contributed by atoms with Gasteiger partial charge in [-0.1, -0.05) is 6.42 Å². The Morgan fingerprint density at radius 1 is 1.50 bits per heavy atom. The second-order valence-electron chi connectivity index (χ2n) is 3.76. The molecule has 12 heavy (non-hydrogen) atoms.